The third-order valence-corrected chi connectivity index (χ3v) is 17.0. The second kappa shape index (κ2) is 7.15. The molecule has 1 fully saturated rings. The van der Waals surface area contributed by atoms with Gasteiger partial charge in [-0.05, 0) is 0 Å². The number of thioether (sulfide) groups is 9. The molecule has 0 N–H and O–H groups in total. The summed E-state index contributed by atoms with van der Waals surface area (Å²) in [6, 6.07) is 0. The first-order valence-electron chi connectivity index (χ1n) is 6.63. The first-order valence-corrected chi connectivity index (χ1v) is 14.7. The van der Waals surface area contributed by atoms with Crippen molar-refractivity contribution >= 4 is 106 Å². The maximum Gasteiger partial charge on any atom is 0.129 e. The smallest absolute Gasteiger partial charge is 0.129 e. The molecule has 118 valence electrons. The van der Waals surface area contributed by atoms with E-state index < -0.39 is 0 Å². The van der Waals surface area contributed by atoms with E-state index in [2.05, 4.69) is 11.8 Å². The lowest BCUT2D eigenvalue weighted by Crippen LogP contribution is -2.29. The largest absolute Gasteiger partial charge is 0.364 e. The van der Waals surface area contributed by atoms with Crippen molar-refractivity contribution in [2.45, 2.75) is 10.0 Å². The molecule has 5 aliphatic heterocycles. The molecular weight excluding hydrogens is 449 g/mol. The van der Waals surface area contributed by atoms with E-state index in [1.165, 1.54) is 28.5 Å². The molecule has 0 aromatic rings. The maximum absolute atomic E-state index is 5.95. The topological polar surface area (TPSA) is 9.23 Å². The molecule has 0 radical (unpaired) electrons. The van der Waals surface area contributed by atoms with E-state index >= 15 is 0 Å². The minimum absolute atomic E-state index is 0.348. The van der Waals surface area contributed by atoms with E-state index in [9.17, 15) is 0 Å². The van der Waals surface area contributed by atoms with Gasteiger partial charge in [-0.2, -0.15) is 0 Å². The predicted octanol–water partition coefficient (Wildman–Crippen LogP) is 6.70. The van der Waals surface area contributed by atoms with Crippen molar-refractivity contribution in [3.8, 4) is 0 Å². The Balaban J connectivity index is 1.34. The summed E-state index contributed by atoms with van der Waals surface area (Å²) in [5.74, 6) is 3.66. The van der Waals surface area contributed by atoms with Gasteiger partial charge in [-0.15, -0.1) is 35.3 Å². The molecule has 0 aliphatic carbocycles. The molecule has 5 heterocycles. The van der Waals surface area contributed by atoms with Crippen LogP contribution in [0.3, 0.4) is 0 Å². The van der Waals surface area contributed by atoms with Gasteiger partial charge in [-0.1, -0.05) is 70.6 Å². The molecule has 0 bridgehead atoms. The summed E-state index contributed by atoms with van der Waals surface area (Å²) < 4.78 is 15.6. The first kappa shape index (κ1) is 16.5. The Labute approximate surface area is 168 Å². The fourth-order valence-corrected chi connectivity index (χ4v) is 16.5. The predicted molar refractivity (Wildman–Crippen MR) is 118 cm³/mol. The molecule has 2 atom stereocenters. The first-order chi connectivity index (χ1) is 10.9. The van der Waals surface area contributed by atoms with Gasteiger partial charge in [-0.25, -0.2) is 0 Å². The summed E-state index contributed by atoms with van der Waals surface area (Å²) in [5, 5.41) is 0. The second-order valence-corrected chi connectivity index (χ2v) is 16.2. The van der Waals surface area contributed by atoms with Crippen LogP contribution in [0.4, 0.5) is 0 Å². The minimum atomic E-state index is 0.348. The molecule has 5 aliphatic rings. The van der Waals surface area contributed by atoms with Crippen molar-refractivity contribution in [3.63, 3.8) is 0 Å². The molecule has 2 unspecified atom stereocenters. The van der Waals surface area contributed by atoms with Crippen LogP contribution in [0.2, 0.25) is 0 Å². The Morgan fingerprint density at radius 1 is 0.682 bits per heavy atom. The van der Waals surface area contributed by atoms with Gasteiger partial charge in [0, 0.05) is 17.3 Å². The van der Waals surface area contributed by atoms with Crippen molar-refractivity contribution in [3.05, 3.63) is 25.4 Å². The van der Waals surface area contributed by atoms with Crippen LogP contribution in [-0.4, -0.2) is 33.9 Å². The highest BCUT2D eigenvalue weighted by Crippen LogP contribution is 2.69. The van der Waals surface area contributed by atoms with Crippen LogP contribution >= 0.6 is 106 Å². The summed E-state index contributed by atoms with van der Waals surface area (Å²) in [6.07, 6.45) is 0. The van der Waals surface area contributed by atoms with E-state index in [1.807, 2.05) is 94.1 Å². The highest BCUT2D eigenvalue weighted by atomic mass is 32.3. The molecule has 10 heteroatoms. The van der Waals surface area contributed by atoms with Gasteiger partial charge in [0.1, 0.15) is 5.44 Å². The van der Waals surface area contributed by atoms with Crippen LogP contribution in [0.5, 0.6) is 0 Å². The van der Waals surface area contributed by atoms with Gasteiger partial charge in [0.05, 0.1) is 36.6 Å². The maximum atomic E-state index is 5.95. The lowest BCUT2D eigenvalue weighted by Gasteiger charge is -2.33. The average Bonchev–Trinajstić information content (AvgIpc) is 3.15. The third kappa shape index (κ3) is 3.20. The van der Waals surface area contributed by atoms with Gasteiger partial charge < -0.3 is 4.74 Å². The van der Waals surface area contributed by atoms with Crippen molar-refractivity contribution in [1.82, 2.24) is 0 Å². The molecule has 0 amide bonds. The molecule has 0 aromatic carbocycles. The molecule has 0 spiro atoms. The lowest BCUT2D eigenvalue weighted by molar-refractivity contribution is 0.131. The van der Waals surface area contributed by atoms with E-state index in [-0.39, 0.29) is 0 Å². The monoisotopic (exact) mass is 458 g/mol. The van der Waals surface area contributed by atoms with Gasteiger partial charge in [-0.3, -0.25) is 0 Å². The summed E-state index contributed by atoms with van der Waals surface area (Å²) in [7, 11) is 0. The Morgan fingerprint density at radius 3 is 2.05 bits per heavy atom. The van der Waals surface area contributed by atoms with E-state index in [1.54, 1.807) is 8.47 Å². The van der Waals surface area contributed by atoms with Crippen molar-refractivity contribution < 1.29 is 4.74 Å². The fourth-order valence-electron chi connectivity index (χ4n) is 2.18. The van der Waals surface area contributed by atoms with Crippen molar-refractivity contribution in [2.75, 3.05) is 23.9 Å². The zero-order valence-electron chi connectivity index (χ0n) is 11.1. The third-order valence-electron chi connectivity index (χ3n) is 3.11. The number of fused-ring (bicyclic) bond motifs is 1. The van der Waals surface area contributed by atoms with Gasteiger partial charge in [0.25, 0.3) is 0 Å². The summed E-state index contributed by atoms with van der Waals surface area (Å²) >= 11 is 18.1. The molecule has 0 aromatic heterocycles. The quantitative estimate of drug-likeness (QED) is 0.386. The Hall–Kier alpha value is 2.33. The zero-order chi connectivity index (χ0) is 14.5. The average molecular weight is 459 g/mol. The van der Waals surface area contributed by atoms with Crippen LogP contribution in [0, 0.1) is 0 Å². The van der Waals surface area contributed by atoms with Crippen LogP contribution in [0.15, 0.2) is 25.4 Å². The van der Waals surface area contributed by atoms with Crippen LogP contribution in [0.1, 0.15) is 0 Å². The molecule has 22 heavy (non-hydrogen) atoms. The van der Waals surface area contributed by atoms with Crippen molar-refractivity contribution in [2.24, 2.45) is 0 Å². The van der Waals surface area contributed by atoms with Crippen LogP contribution in [0.25, 0.3) is 0 Å². The van der Waals surface area contributed by atoms with Gasteiger partial charge >= 0.3 is 0 Å². The number of ether oxygens (including phenoxy) is 1. The van der Waals surface area contributed by atoms with Crippen molar-refractivity contribution in [1.29, 1.82) is 0 Å². The molecule has 1 saturated heterocycles. The van der Waals surface area contributed by atoms with E-state index in [4.69, 9.17) is 4.74 Å². The van der Waals surface area contributed by atoms with Gasteiger partial charge in [0.15, 0.2) is 0 Å². The standard InChI is InChI=1S/C12H10OS9/c1-2-14-6-5(13-1)17-9-10(18-6)22-12(21-9)11-19-7-8(20-11)16-4-3-15-7/h5-6H,1-4H2. The lowest BCUT2D eigenvalue weighted by atomic mass is 10.7. The number of hydrogen-bond acceptors (Lipinski definition) is 10. The minimum Gasteiger partial charge on any atom is -0.364 e. The number of rotatable bonds is 0. The molecule has 5 rings (SSSR count). The van der Waals surface area contributed by atoms with Crippen LogP contribution in [-0.2, 0) is 4.74 Å². The SMILES string of the molecule is C1CSC2SC3=C(SC(=C4SC5=C(SCCS5)S4)S3)SC2O1. The Kier molecular flexibility index (Phi) is 5.36. The summed E-state index contributed by atoms with van der Waals surface area (Å²) in [6.45, 7) is 0.907. The normalized spacial score (nSPS) is 34.9. The summed E-state index contributed by atoms with van der Waals surface area (Å²) in [5.41, 5.74) is 0.348. The Morgan fingerprint density at radius 2 is 1.32 bits per heavy atom. The zero-order valence-corrected chi connectivity index (χ0v) is 18.4. The Bertz CT molecular complexity index is 562. The second-order valence-electron chi connectivity index (χ2n) is 4.54. The molecule has 0 saturated carbocycles. The molecular formula is C12H10OS9. The van der Waals surface area contributed by atoms with E-state index in [0.29, 0.717) is 10.0 Å². The molecule has 1 nitrogen and oxygen atoms in total. The van der Waals surface area contributed by atoms with Crippen LogP contribution < -0.4 is 0 Å². The highest BCUT2D eigenvalue weighted by Gasteiger charge is 2.40. The highest BCUT2D eigenvalue weighted by molar-refractivity contribution is 8.46. The van der Waals surface area contributed by atoms with E-state index in [0.717, 1.165) is 12.4 Å². The van der Waals surface area contributed by atoms with Gasteiger partial charge in [0.2, 0.25) is 0 Å². The summed E-state index contributed by atoms with van der Waals surface area (Å²) in [4.78, 5) is 0. The number of hydrogen-bond donors (Lipinski definition) is 0. The fraction of sp³-hybridized carbons (Fsp3) is 0.500.